The van der Waals surface area contributed by atoms with Crippen LogP contribution in [-0.4, -0.2) is 34.4 Å². The van der Waals surface area contributed by atoms with Crippen molar-refractivity contribution in [3.8, 4) is 5.88 Å². The minimum absolute atomic E-state index is 0.0831. The number of hydrogen-bond acceptors (Lipinski definition) is 4. The van der Waals surface area contributed by atoms with Crippen LogP contribution in [0, 0.1) is 0 Å². The van der Waals surface area contributed by atoms with Gasteiger partial charge in [-0.1, -0.05) is 24.3 Å². The fourth-order valence-electron chi connectivity index (χ4n) is 2.40. The smallest absolute Gasteiger partial charge is 0.273 e. The maximum Gasteiger partial charge on any atom is 0.273 e. The van der Waals surface area contributed by atoms with Crippen LogP contribution in [0.4, 0.5) is 0 Å². The van der Waals surface area contributed by atoms with Crippen LogP contribution < -0.4 is 4.74 Å². The van der Waals surface area contributed by atoms with Gasteiger partial charge in [0.15, 0.2) is 0 Å². The van der Waals surface area contributed by atoms with E-state index in [4.69, 9.17) is 4.74 Å². The van der Waals surface area contributed by atoms with Gasteiger partial charge in [0, 0.05) is 19.2 Å². The molecule has 3 rings (SSSR count). The molecule has 0 atom stereocenters. The first-order valence-electron chi connectivity index (χ1n) is 6.50. The maximum absolute atomic E-state index is 12.5. The lowest BCUT2D eigenvalue weighted by Gasteiger charge is -2.28. The Kier molecular flexibility index (Phi) is 3.33. The monoisotopic (exact) mass is 269 g/mol. The summed E-state index contributed by atoms with van der Waals surface area (Å²) in [7, 11) is 1.52. The third kappa shape index (κ3) is 2.34. The third-order valence-electron chi connectivity index (χ3n) is 3.49. The number of fused-ring (bicyclic) bond motifs is 1. The number of benzene rings is 1. The molecule has 1 aliphatic heterocycles. The molecular formula is C15H15N3O2. The predicted octanol–water partition coefficient (Wildman–Crippen LogP) is 1.68. The quantitative estimate of drug-likeness (QED) is 0.832. The number of aromatic nitrogens is 2. The summed E-state index contributed by atoms with van der Waals surface area (Å²) in [6.07, 6.45) is 2.23. The van der Waals surface area contributed by atoms with Gasteiger partial charge in [-0.15, -0.1) is 0 Å². The molecule has 0 radical (unpaired) electrons. The number of amides is 1. The van der Waals surface area contributed by atoms with Crippen molar-refractivity contribution in [2.75, 3.05) is 13.7 Å². The van der Waals surface area contributed by atoms with E-state index in [1.165, 1.54) is 24.6 Å². The van der Waals surface area contributed by atoms with E-state index in [9.17, 15) is 4.79 Å². The van der Waals surface area contributed by atoms with Crippen LogP contribution in [0.5, 0.6) is 5.88 Å². The normalized spacial score (nSPS) is 13.8. The molecular weight excluding hydrogens is 254 g/mol. The Balaban J connectivity index is 1.82. The van der Waals surface area contributed by atoms with E-state index < -0.39 is 0 Å². The van der Waals surface area contributed by atoms with Crippen LogP contribution >= 0.6 is 0 Å². The molecule has 0 fully saturated rings. The lowest BCUT2D eigenvalue weighted by atomic mass is 10.00. The number of rotatable bonds is 2. The Hall–Kier alpha value is -2.43. The van der Waals surface area contributed by atoms with Gasteiger partial charge in [0.1, 0.15) is 12.0 Å². The minimum atomic E-state index is -0.0831. The average molecular weight is 269 g/mol. The first-order chi connectivity index (χ1) is 9.78. The maximum atomic E-state index is 12.5. The first kappa shape index (κ1) is 12.6. The van der Waals surface area contributed by atoms with Crippen molar-refractivity contribution >= 4 is 5.91 Å². The van der Waals surface area contributed by atoms with E-state index in [2.05, 4.69) is 22.1 Å². The SMILES string of the molecule is COc1cc(C(=O)N2CCc3ccccc3C2)ncn1. The molecule has 5 heteroatoms. The summed E-state index contributed by atoms with van der Waals surface area (Å²) >= 11 is 0. The molecule has 5 nitrogen and oxygen atoms in total. The molecule has 2 heterocycles. The van der Waals surface area contributed by atoms with Crippen LogP contribution in [0.2, 0.25) is 0 Å². The second kappa shape index (κ2) is 5.28. The molecule has 20 heavy (non-hydrogen) atoms. The number of methoxy groups -OCH3 is 1. The van der Waals surface area contributed by atoms with E-state index in [0.29, 0.717) is 24.7 Å². The second-order valence-electron chi connectivity index (χ2n) is 4.69. The number of ether oxygens (including phenoxy) is 1. The fraction of sp³-hybridized carbons (Fsp3) is 0.267. The third-order valence-corrected chi connectivity index (χ3v) is 3.49. The van der Waals surface area contributed by atoms with Crippen LogP contribution in [0.1, 0.15) is 21.6 Å². The van der Waals surface area contributed by atoms with E-state index in [-0.39, 0.29) is 5.91 Å². The first-order valence-corrected chi connectivity index (χ1v) is 6.50. The second-order valence-corrected chi connectivity index (χ2v) is 4.69. The molecule has 0 bridgehead atoms. The van der Waals surface area contributed by atoms with Crippen molar-refractivity contribution in [1.82, 2.24) is 14.9 Å². The Labute approximate surface area is 117 Å². The fourth-order valence-corrected chi connectivity index (χ4v) is 2.40. The highest BCUT2D eigenvalue weighted by molar-refractivity contribution is 5.92. The summed E-state index contributed by atoms with van der Waals surface area (Å²) in [4.78, 5) is 22.2. The summed E-state index contributed by atoms with van der Waals surface area (Å²) in [6.45, 7) is 1.34. The van der Waals surface area contributed by atoms with Crippen molar-refractivity contribution < 1.29 is 9.53 Å². The molecule has 1 aromatic heterocycles. The molecule has 0 saturated carbocycles. The Bertz CT molecular complexity index is 643. The molecule has 0 saturated heterocycles. The lowest BCUT2D eigenvalue weighted by Crippen LogP contribution is -2.36. The lowest BCUT2D eigenvalue weighted by molar-refractivity contribution is 0.0728. The van der Waals surface area contributed by atoms with E-state index >= 15 is 0 Å². The number of nitrogens with zero attached hydrogens (tertiary/aromatic N) is 3. The highest BCUT2D eigenvalue weighted by atomic mass is 16.5. The summed E-state index contributed by atoms with van der Waals surface area (Å²) in [5, 5.41) is 0. The van der Waals surface area contributed by atoms with Crippen molar-refractivity contribution in [2.45, 2.75) is 13.0 Å². The van der Waals surface area contributed by atoms with Crippen LogP contribution in [0.3, 0.4) is 0 Å². The molecule has 0 N–H and O–H groups in total. The minimum Gasteiger partial charge on any atom is -0.481 e. The van der Waals surface area contributed by atoms with E-state index in [1.54, 1.807) is 6.07 Å². The van der Waals surface area contributed by atoms with Crippen molar-refractivity contribution in [2.24, 2.45) is 0 Å². The van der Waals surface area contributed by atoms with Gasteiger partial charge in [-0.05, 0) is 17.5 Å². The van der Waals surface area contributed by atoms with Crippen molar-refractivity contribution in [1.29, 1.82) is 0 Å². The Morgan fingerprint density at radius 2 is 2.05 bits per heavy atom. The number of carbonyl (C=O) groups is 1. The number of carbonyl (C=O) groups excluding carboxylic acids is 1. The van der Waals surface area contributed by atoms with Crippen LogP contribution in [0.15, 0.2) is 36.7 Å². The van der Waals surface area contributed by atoms with Gasteiger partial charge < -0.3 is 9.64 Å². The summed E-state index contributed by atoms with van der Waals surface area (Å²) in [5.74, 6) is 0.320. The van der Waals surface area contributed by atoms with Crippen molar-refractivity contribution in [3.05, 3.63) is 53.5 Å². The van der Waals surface area contributed by atoms with E-state index in [1.807, 2.05) is 17.0 Å². The predicted molar refractivity (Wildman–Crippen MR) is 73.5 cm³/mol. The Morgan fingerprint density at radius 1 is 1.25 bits per heavy atom. The zero-order valence-electron chi connectivity index (χ0n) is 11.2. The molecule has 2 aromatic rings. The van der Waals surface area contributed by atoms with Gasteiger partial charge in [0.25, 0.3) is 5.91 Å². The molecule has 0 spiro atoms. The van der Waals surface area contributed by atoms with Gasteiger partial charge in [0.2, 0.25) is 5.88 Å². The average Bonchev–Trinajstić information content (AvgIpc) is 2.53. The zero-order chi connectivity index (χ0) is 13.9. The van der Waals surface area contributed by atoms with Gasteiger partial charge in [-0.25, -0.2) is 9.97 Å². The molecule has 102 valence electrons. The molecule has 0 aliphatic carbocycles. The zero-order valence-corrected chi connectivity index (χ0v) is 11.2. The van der Waals surface area contributed by atoms with E-state index in [0.717, 1.165) is 6.42 Å². The molecule has 1 aliphatic rings. The van der Waals surface area contributed by atoms with Gasteiger partial charge in [-0.3, -0.25) is 4.79 Å². The number of hydrogen-bond donors (Lipinski definition) is 0. The molecule has 1 amide bonds. The van der Waals surface area contributed by atoms with Gasteiger partial charge in [0.05, 0.1) is 7.11 Å². The standard InChI is InChI=1S/C15H15N3O2/c1-20-14-8-13(16-10-17-14)15(19)18-7-6-11-4-2-3-5-12(11)9-18/h2-5,8,10H,6-7,9H2,1H3. The highest BCUT2D eigenvalue weighted by Gasteiger charge is 2.22. The molecule has 1 aromatic carbocycles. The summed E-state index contributed by atoms with van der Waals surface area (Å²) in [5.41, 5.74) is 2.89. The van der Waals surface area contributed by atoms with Crippen LogP contribution in [-0.2, 0) is 13.0 Å². The highest BCUT2D eigenvalue weighted by Crippen LogP contribution is 2.20. The van der Waals surface area contributed by atoms with Crippen molar-refractivity contribution in [3.63, 3.8) is 0 Å². The van der Waals surface area contributed by atoms with Gasteiger partial charge >= 0.3 is 0 Å². The van der Waals surface area contributed by atoms with Crippen LogP contribution in [0.25, 0.3) is 0 Å². The summed E-state index contributed by atoms with van der Waals surface area (Å²) < 4.78 is 5.03. The summed E-state index contributed by atoms with van der Waals surface area (Å²) in [6, 6.07) is 9.79. The topological polar surface area (TPSA) is 55.3 Å². The largest absolute Gasteiger partial charge is 0.481 e. The Morgan fingerprint density at radius 3 is 2.85 bits per heavy atom. The van der Waals surface area contributed by atoms with Gasteiger partial charge in [-0.2, -0.15) is 0 Å². The molecule has 0 unspecified atom stereocenters.